The van der Waals surface area contributed by atoms with Gasteiger partial charge in [-0.25, -0.2) is 4.39 Å². The van der Waals surface area contributed by atoms with Crippen LogP contribution in [-0.4, -0.2) is 31.2 Å². The van der Waals surface area contributed by atoms with Crippen LogP contribution in [0.3, 0.4) is 0 Å². The third-order valence-electron chi connectivity index (χ3n) is 6.01. The highest BCUT2D eigenvalue weighted by Gasteiger charge is 2.35. The van der Waals surface area contributed by atoms with Gasteiger partial charge in [0.05, 0.1) is 19.6 Å². The first-order chi connectivity index (χ1) is 16.0. The SMILES string of the molecule is COC(=O)[C@H]1CC[C@@H](C[C@H](CO)c2cc(C(C)C)ccc2OC(F)(F)F)C1.Fc1ccccc1. The van der Waals surface area contributed by atoms with E-state index in [1.165, 1.54) is 25.3 Å². The average molecular weight is 485 g/mol. The number of halogens is 4. The van der Waals surface area contributed by atoms with Crippen LogP contribution < -0.4 is 4.74 Å². The van der Waals surface area contributed by atoms with Crippen LogP contribution in [0.2, 0.25) is 0 Å². The number of hydrogen-bond donors (Lipinski definition) is 1. The van der Waals surface area contributed by atoms with Crippen LogP contribution in [0.1, 0.15) is 62.5 Å². The van der Waals surface area contributed by atoms with Crippen molar-refractivity contribution in [1.29, 1.82) is 0 Å². The zero-order valence-electron chi connectivity index (χ0n) is 19.6. The predicted octanol–water partition coefficient (Wildman–Crippen LogP) is 6.59. The van der Waals surface area contributed by atoms with Crippen LogP contribution in [0.15, 0.2) is 48.5 Å². The number of benzene rings is 2. The van der Waals surface area contributed by atoms with Crippen LogP contribution in [0.5, 0.6) is 5.75 Å². The highest BCUT2D eigenvalue weighted by Crippen LogP contribution is 2.41. The second-order valence-corrected chi connectivity index (χ2v) is 8.81. The molecule has 1 aliphatic carbocycles. The highest BCUT2D eigenvalue weighted by molar-refractivity contribution is 5.72. The topological polar surface area (TPSA) is 55.8 Å². The number of aliphatic hydroxyl groups excluding tert-OH is 1. The van der Waals surface area contributed by atoms with E-state index in [4.69, 9.17) is 4.74 Å². The minimum absolute atomic E-state index is 0.137. The van der Waals surface area contributed by atoms with Crippen molar-refractivity contribution in [3.8, 4) is 5.75 Å². The van der Waals surface area contributed by atoms with E-state index < -0.39 is 12.3 Å². The third kappa shape index (κ3) is 8.63. The molecule has 1 N–H and O–H groups in total. The van der Waals surface area contributed by atoms with Gasteiger partial charge in [0, 0.05) is 11.5 Å². The Hall–Kier alpha value is -2.61. The zero-order valence-corrected chi connectivity index (χ0v) is 19.6. The molecule has 2 aromatic carbocycles. The van der Waals surface area contributed by atoms with Crippen molar-refractivity contribution in [2.24, 2.45) is 11.8 Å². The molecule has 0 unspecified atom stereocenters. The lowest BCUT2D eigenvalue weighted by molar-refractivity contribution is -0.275. The van der Waals surface area contributed by atoms with Crippen molar-refractivity contribution < 1.29 is 36.9 Å². The minimum atomic E-state index is -4.79. The maximum atomic E-state index is 12.8. The molecule has 1 aliphatic rings. The molecule has 0 amide bonds. The molecule has 2 aromatic rings. The maximum absolute atomic E-state index is 12.8. The van der Waals surface area contributed by atoms with Crippen molar-refractivity contribution in [1.82, 2.24) is 0 Å². The van der Waals surface area contributed by atoms with Crippen molar-refractivity contribution in [2.45, 2.75) is 57.7 Å². The predicted molar refractivity (Wildman–Crippen MR) is 121 cm³/mol. The second-order valence-electron chi connectivity index (χ2n) is 8.81. The number of alkyl halides is 3. The van der Waals surface area contributed by atoms with E-state index in [-0.39, 0.29) is 41.9 Å². The molecule has 1 fully saturated rings. The molecule has 1 saturated carbocycles. The summed E-state index contributed by atoms with van der Waals surface area (Å²) in [6.07, 6.45) is -2.18. The Labute approximate surface area is 197 Å². The molecule has 0 aromatic heterocycles. The van der Waals surface area contributed by atoms with Gasteiger partial charge in [0.25, 0.3) is 0 Å². The van der Waals surface area contributed by atoms with E-state index in [0.29, 0.717) is 24.8 Å². The number of methoxy groups -OCH3 is 1. The Kier molecular flexibility index (Phi) is 10.4. The van der Waals surface area contributed by atoms with Crippen LogP contribution in [0.4, 0.5) is 17.6 Å². The molecule has 0 saturated heterocycles. The van der Waals surface area contributed by atoms with Gasteiger partial charge in [0.15, 0.2) is 0 Å². The van der Waals surface area contributed by atoms with E-state index in [1.54, 1.807) is 30.3 Å². The second kappa shape index (κ2) is 12.7. The Morgan fingerprint density at radius 1 is 1.12 bits per heavy atom. The summed E-state index contributed by atoms with van der Waals surface area (Å²) >= 11 is 0. The van der Waals surface area contributed by atoms with Gasteiger partial charge in [-0.05, 0) is 61.3 Å². The van der Waals surface area contributed by atoms with Gasteiger partial charge in [-0.1, -0.05) is 44.2 Å². The fourth-order valence-corrected chi connectivity index (χ4v) is 4.25. The van der Waals surface area contributed by atoms with Crippen LogP contribution in [0.25, 0.3) is 0 Å². The van der Waals surface area contributed by atoms with Gasteiger partial charge in [-0.3, -0.25) is 4.79 Å². The number of hydrogen-bond acceptors (Lipinski definition) is 4. The Morgan fingerprint density at radius 2 is 1.79 bits per heavy atom. The van der Waals surface area contributed by atoms with Gasteiger partial charge in [0.1, 0.15) is 11.6 Å². The van der Waals surface area contributed by atoms with Crippen LogP contribution >= 0.6 is 0 Å². The lowest BCUT2D eigenvalue weighted by Gasteiger charge is -2.23. The van der Waals surface area contributed by atoms with E-state index in [2.05, 4.69) is 4.74 Å². The summed E-state index contributed by atoms with van der Waals surface area (Å²) in [4.78, 5) is 11.7. The molecule has 0 radical (unpaired) electrons. The Balaban J connectivity index is 0.000000497. The van der Waals surface area contributed by atoms with Crippen molar-refractivity contribution in [3.05, 3.63) is 65.5 Å². The number of ether oxygens (including phenoxy) is 2. The first-order valence-electron chi connectivity index (χ1n) is 11.3. The fraction of sp³-hybridized carbons (Fsp3) is 0.500. The van der Waals surface area contributed by atoms with Gasteiger partial charge in [-0.15, -0.1) is 13.2 Å². The van der Waals surface area contributed by atoms with Crippen molar-refractivity contribution in [2.75, 3.05) is 13.7 Å². The summed E-state index contributed by atoms with van der Waals surface area (Å²) in [7, 11) is 1.35. The summed E-state index contributed by atoms with van der Waals surface area (Å²) in [5.41, 5.74) is 1.25. The molecule has 188 valence electrons. The monoisotopic (exact) mass is 484 g/mol. The van der Waals surface area contributed by atoms with Gasteiger partial charge >= 0.3 is 12.3 Å². The van der Waals surface area contributed by atoms with E-state index in [1.807, 2.05) is 13.8 Å². The average Bonchev–Trinajstić information content (AvgIpc) is 3.26. The van der Waals surface area contributed by atoms with Crippen LogP contribution in [-0.2, 0) is 9.53 Å². The summed E-state index contributed by atoms with van der Waals surface area (Å²) < 4.78 is 59.3. The molecule has 0 bridgehead atoms. The molecule has 3 atom stereocenters. The summed E-state index contributed by atoms with van der Waals surface area (Å²) in [5, 5.41) is 9.88. The van der Waals surface area contributed by atoms with Gasteiger partial charge in [-0.2, -0.15) is 0 Å². The lowest BCUT2D eigenvalue weighted by Crippen LogP contribution is -2.20. The number of esters is 1. The molecule has 0 spiro atoms. The Bertz CT molecular complexity index is 899. The van der Waals surface area contributed by atoms with Gasteiger partial charge in [0.2, 0.25) is 0 Å². The van der Waals surface area contributed by atoms with Crippen molar-refractivity contribution in [3.63, 3.8) is 0 Å². The molecular weight excluding hydrogens is 452 g/mol. The van der Waals surface area contributed by atoms with Crippen molar-refractivity contribution >= 4 is 5.97 Å². The highest BCUT2D eigenvalue weighted by atomic mass is 19.4. The molecule has 8 heteroatoms. The molecular formula is C26H32F4O4. The standard InChI is InChI=1S/C20H27F3O4.C6H5F/c1-12(2)14-6-7-18(27-20(21,22)23)17(10-14)16(11-24)9-13-4-5-15(8-13)19(25)26-3;7-6-4-2-1-3-5-6/h6-7,10,12-13,15-16,24H,4-5,8-9,11H2,1-3H3;1-5H/t13-,15+,16-;/m1./s1. The maximum Gasteiger partial charge on any atom is 0.573 e. The largest absolute Gasteiger partial charge is 0.573 e. The molecule has 0 aliphatic heterocycles. The Morgan fingerprint density at radius 3 is 2.29 bits per heavy atom. The smallest absolute Gasteiger partial charge is 0.469 e. The quantitative estimate of drug-likeness (QED) is 0.356. The summed E-state index contributed by atoms with van der Waals surface area (Å²) in [6, 6.07) is 12.6. The molecule has 4 nitrogen and oxygen atoms in total. The normalized spacial score (nSPS) is 18.7. The zero-order chi connectivity index (χ0) is 25.3. The van der Waals surface area contributed by atoms with Crippen LogP contribution in [0, 0.1) is 17.7 Å². The lowest BCUT2D eigenvalue weighted by atomic mass is 9.86. The number of aliphatic hydroxyl groups is 1. The number of carbonyl (C=O) groups is 1. The summed E-state index contributed by atoms with van der Waals surface area (Å²) in [5.74, 6) is -1.07. The third-order valence-corrected chi connectivity index (χ3v) is 6.01. The first-order valence-corrected chi connectivity index (χ1v) is 11.3. The molecule has 0 heterocycles. The molecule has 3 rings (SSSR count). The number of carbonyl (C=O) groups excluding carboxylic acids is 1. The van der Waals surface area contributed by atoms with E-state index in [0.717, 1.165) is 12.0 Å². The number of rotatable bonds is 7. The first kappa shape index (κ1) is 27.6. The summed E-state index contributed by atoms with van der Waals surface area (Å²) in [6.45, 7) is 3.62. The fourth-order valence-electron chi connectivity index (χ4n) is 4.25. The van der Waals surface area contributed by atoms with Gasteiger partial charge < -0.3 is 14.6 Å². The van der Waals surface area contributed by atoms with E-state index >= 15 is 0 Å². The molecule has 34 heavy (non-hydrogen) atoms. The minimum Gasteiger partial charge on any atom is -0.469 e. The van der Waals surface area contributed by atoms with E-state index in [9.17, 15) is 27.5 Å².